The minimum atomic E-state index is -0.729. The molecule has 0 amide bonds. The van der Waals surface area contributed by atoms with Gasteiger partial charge in [-0.05, 0) is 38.5 Å². The fourth-order valence-corrected chi connectivity index (χ4v) is 1.70. The normalized spacial score (nSPS) is 14.2. The highest BCUT2D eigenvalue weighted by atomic mass is 16.4. The first kappa shape index (κ1) is 21.1. The molecule has 23 heavy (non-hydrogen) atoms. The van der Waals surface area contributed by atoms with Crippen LogP contribution in [-0.2, 0) is 4.79 Å². The van der Waals surface area contributed by atoms with E-state index in [0.717, 1.165) is 25.7 Å². The molecule has 1 atom stereocenters. The van der Waals surface area contributed by atoms with Gasteiger partial charge >= 0.3 is 5.97 Å². The van der Waals surface area contributed by atoms with Gasteiger partial charge in [0.15, 0.2) is 0 Å². The molecule has 3 nitrogen and oxygen atoms in total. The Balaban J connectivity index is 3.58. The molecule has 0 aromatic heterocycles. The van der Waals surface area contributed by atoms with Gasteiger partial charge < -0.3 is 10.2 Å². The molecule has 0 aliphatic heterocycles. The SMILES string of the molecule is CC[C@@H](O)C/C=C/C=C/C=C\C/C=C\C/C=C\CCCC(=O)O. The van der Waals surface area contributed by atoms with Crippen LogP contribution in [0.3, 0.4) is 0 Å². The average Bonchev–Trinajstić information content (AvgIpc) is 2.53. The lowest BCUT2D eigenvalue weighted by molar-refractivity contribution is -0.137. The van der Waals surface area contributed by atoms with Crippen LogP contribution in [0.4, 0.5) is 0 Å². The predicted molar refractivity (Wildman–Crippen MR) is 97.3 cm³/mol. The lowest BCUT2D eigenvalue weighted by atomic mass is 10.2. The minimum absolute atomic E-state index is 0.230. The van der Waals surface area contributed by atoms with Crippen molar-refractivity contribution in [2.45, 2.75) is 58.0 Å². The second kappa shape index (κ2) is 16.5. The van der Waals surface area contributed by atoms with E-state index in [2.05, 4.69) is 24.3 Å². The molecule has 0 bridgehead atoms. The fourth-order valence-electron chi connectivity index (χ4n) is 1.70. The van der Waals surface area contributed by atoms with Gasteiger partial charge in [0.05, 0.1) is 6.10 Å². The summed E-state index contributed by atoms with van der Waals surface area (Å²) in [6.45, 7) is 1.97. The molecule has 0 aliphatic carbocycles. The van der Waals surface area contributed by atoms with Gasteiger partial charge in [-0.1, -0.05) is 67.7 Å². The second-order valence-electron chi connectivity index (χ2n) is 5.24. The van der Waals surface area contributed by atoms with E-state index < -0.39 is 5.97 Å². The zero-order valence-corrected chi connectivity index (χ0v) is 14.1. The Bertz CT molecular complexity index is 428. The van der Waals surface area contributed by atoms with E-state index >= 15 is 0 Å². The maximum atomic E-state index is 10.3. The van der Waals surface area contributed by atoms with Crippen LogP contribution in [0.5, 0.6) is 0 Å². The molecular formula is C20H30O3. The standard InChI is InChI=1S/C20H30O3/c1-2-19(21)17-15-13-11-9-7-5-3-4-6-8-10-12-14-16-18-20(22)23/h4-7,9-13,15,19,21H,2-3,8,14,16-18H2,1H3,(H,22,23)/b6-4-,7-5-,11-9+,12-10-,15-13+/t19-/m1/s1. The predicted octanol–water partition coefficient (Wildman–Crippen LogP) is 4.96. The first-order valence-electron chi connectivity index (χ1n) is 8.35. The topological polar surface area (TPSA) is 57.5 Å². The molecule has 0 aromatic rings. The first-order chi connectivity index (χ1) is 11.2. The van der Waals surface area contributed by atoms with E-state index in [9.17, 15) is 9.90 Å². The molecule has 2 N–H and O–H groups in total. The molecule has 128 valence electrons. The van der Waals surface area contributed by atoms with Crippen molar-refractivity contribution in [2.75, 3.05) is 0 Å². The Labute approximate surface area is 140 Å². The first-order valence-corrected chi connectivity index (χ1v) is 8.35. The molecule has 0 unspecified atom stereocenters. The Morgan fingerprint density at radius 3 is 2.17 bits per heavy atom. The molecule has 0 heterocycles. The van der Waals surface area contributed by atoms with Gasteiger partial charge in [-0.15, -0.1) is 0 Å². The van der Waals surface area contributed by atoms with Crippen molar-refractivity contribution >= 4 is 5.97 Å². The number of carbonyl (C=O) groups is 1. The number of hydrogen-bond acceptors (Lipinski definition) is 2. The van der Waals surface area contributed by atoms with Crippen molar-refractivity contribution in [3.8, 4) is 0 Å². The van der Waals surface area contributed by atoms with Crippen molar-refractivity contribution < 1.29 is 15.0 Å². The van der Waals surface area contributed by atoms with E-state index in [-0.39, 0.29) is 12.5 Å². The third kappa shape index (κ3) is 18.1. The highest BCUT2D eigenvalue weighted by molar-refractivity contribution is 5.66. The summed E-state index contributed by atoms with van der Waals surface area (Å²) in [5, 5.41) is 17.8. The van der Waals surface area contributed by atoms with Crippen LogP contribution in [0.1, 0.15) is 51.9 Å². The zero-order chi connectivity index (χ0) is 17.2. The van der Waals surface area contributed by atoms with Gasteiger partial charge in [-0.2, -0.15) is 0 Å². The van der Waals surface area contributed by atoms with Crippen molar-refractivity contribution in [3.63, 3.8) is 0 Å². The Hall–Kier alpha value is -1.87. The van der Waals surface area contributed by atoms with E-state index in [0.29, 0.717) is 12.8 Å². The zero-order valence-electron chi connectivity index (χ0n) is 14.1. The van der Waals surface area contributed by atoms with Gasteiger partial charge in [0.2, 0.25) is 0 Å². The van der Waals surface area contributed by atoms with Crippen LogP contribution >= 0.6 is 0 Å². The Morgan fingerprint density at radius 1 is 0.913 bits per heavy atom. The molecular weight excluding hydrogens is 288 g/mol. The molecule has 3 heteroatoms. The van der Waals surface area contributed by atoms with Gasteiger partial charge in [-0.25, -0.2) is 0 Å². The number of carboxylic acids is 1. The number of carboxylic acid groups (broad SMARTS) is 1. The van der Waals surface area contributed by atoms with E-state index in [1.54, 1.807) is 0 Å². The second-order valence-corrected chi connectivity index (χ2v) is 5.24. The third-order valence-corrected chi connectivity index (χ3v) is 3.12. The summed E-state index contributed by atoms with van der Waals surface area (Å²) in [6, 6.07) is 0. The molecule has 0 aromatic carbocycles. The number of aliphatic hydroxyl groups is 1. The fraction of sp³-hybridized carbons (Fsp3) is 0.450. The highest BCUT2D eigenvalue weighted by Crippen LogP contribution is 1.99. The average molecular weight is 318 g/mol. The van der Waals surface area contributed by atoms with Crippen LogP contribution in [0, 0.1) is 0 Å². The van der Waals surface area contributed by atoms with E-state index in [4.69, 9.17) is 5.11 Å². The summed E-state index contributed by atoms with van der Waals surface area (Å²) in [5.41, 5.74) is 0. The number of unbranched alkanes of at least 4 members (excludes halogenated alkanes) is 1. The summed E-state index contributed by atoms with van der Waals surface area (Å²) in [4.78, 5) is 10.3. The van der Waals surface area contributed by atoms with E-state index in [1.165, 1.54) is 0 Å². The van der Waals surface area contributed by atoms with Gasteiger partial charge in [0, 0.05) is 6.42 Å². The largest absolute Gasteiger partial charge is 0.481 e. The number of aliphatic carboxylic acids is 1. The molecule has 0 fully saturated rings. The number of aliphatic hydroxyl groups excluding tert-OH is 1. The Morgan fingerprint density at radius 2 is 1.52 bits per heavy atom. The number of allylic oxidation sites excluding steroid dienone is 9. The quantitative estimate of drug-likeness (QED) is 0.286. The Kier molecular flexibility index (Phi) is 15.2. The highest BCUT2D eigenvalue weighted by Gasteiger charge is 1.94. The third-order valence-electron chi connectivity index (χ3n) is 3.12. The van der Waals surface area contributed by atoms with Gasteiger partial charge in [-0.3, -0.25) is 4.79 Å². The molecule has 0 aliphatic rings. The van der Waals surface area contributed by atoms with Crippen LogP contribution in [0.2, 0.25) is 0 Å². The van der Waals surface area contributed by atoms with Crippen LogP contribution < -0.4 is 0 Å². The monoisotopic (exact) mass is 318 g/mol. The molecule has 0 saturated heterocycles. The summed E-state index contributed by atoms with van der Waals surface area (Å²) in [7, 11) is 0. The maximum absolute atomic E-state index is 10.3. The van der Waals surface area contributed by atoms with Crippen molar-refractivity contribution in [1.29, 1.82) is 0 Å². The summed E-state index contributed by atoms with van der Waals surface area (Å²) in [5.74, 6) is -0.729. The molecule has 0 spiro atoms. The van der Waals surface area contributed by atoms with Gasteiger partial charge in [0.25, 0.3) is 0 Å². The minimum Gasteiger partial charge on any atom is -0.481 e. The molecule has 0 rings (SSSR count). The number of rotatable bonds is 13. The molecule has 0 saturated carbocycles. The van der Waals surface area contributed by atoms with Crippen molar-refractivity contribution in [3.05, 3.63) is 60.8 Å². The molecule has 0 radical (unpaired) electrons. The lowest BCUT2D eigenvalue weighted by Crippen LogP contribution is -2.00. The number of hydrogen-bond donors (Lipinski definition) is 2. The van der Waals surface area contributed by atoms with Crippen LogP contribution in [0.25, 0.3) is 0 Å². The lowest BCUT2D eigenvalue weighted by Gasteiger charge is -2.00. The summed E-state index contributed by atoms with van der Waals surface area (Å²) < 4.78 is 0. The van der Waals surface area contributed by atoms with Crippen LogP contribution in [0.15, 0.2) is 60.8 Å². The van der Waals surface area contributed by atoms with Crippen molar-refractivity contribution in [1.82, 2.24) is 0 Å². The summed E-state index contributed by atoms with van der Waals surface area (Å²) >= 11 is 0. The van der Waals surface area contributed by atoms with Crippen LogP contribution in [-0.4, -0.2) is 22.3 Å². The maximum Gasteiger partial charge on any atom is 0.303 e. The summed E-state index contributed by atoms with van der Waals surface area (Å²) in [6.07, 6.45) is 25.1. The van der Waals surface area contributed by atoms with Gasteiger partial charge in [0.1, 0.15) is 0 Å². The van der Waals surface area contributed by atoms with Crippen molar-refractivity contribution in [2.24, 2.45) is 0 Å². The smallest absolute Gasteiger partial charge is 0.303 e. The van der Waals surface area contributed by atoms with E-state index in [1.807, 2.05) is 43.4 Å².